The molecule has 0 spiro atoms. The lowest BCUT2D eigenvalue weighted by Gasteiger charge is -2.37. The summed E-state index contributed by atoms with van der Waals surface area (Å²) in [4.78, 5) is 11.3. The van der Waals surface area contributed by atoms with E-state index in [0.29, 0.717) is 17.1 Å². The molecule has 0 aromatic rings. The van der Waals surface area contributed by atoms with Gasteiger partial charge in [-0.25, -0.2) is 0 Å². The van der Waals surface area contributed by atoms with Gasteiger partial charge in [-0.3, -0.25) is 4.79 Å². The zero-order valence-corrected chi connectivity index (χ0v) is 9.47. The lowest BCUT2D eigenvalue weighted by molar-refractivity contribution is -0.114. The second-order valence-corrected chi connectivity index (χ2v) is 5.92. The highest BCUT2D eigenvalue weighted by atomic mass is 16.1. The Morgan fingerprint density at radius 1 is 1.36 bits per heavy atom. The average Bonchev–Trinajstić information content (AvgIpc) is 2.41. The Hall–Kier alpha value is -0.590. The van der Waals surface area contributed by atoms with Crippen LogP contribution in [0.4, 0.5) is 0 Å². The van der Waals surface area contributed by atoms with Gasteiger partial charge in [-0.2, -0.15) is 0 Å². The van der Waals surface area contributed by atoms with Gasteiger partial charge in [0.15, 0.2) is 5.78 Å². The Balaban J connectivity index is 2.07. The topological polar surface area (TPSA) is 17.1 Å². The summed E-state index contributed by atoms with van der Waals surface area (Å²) < 4.78 is 0. The molecule has 14 heavy (non-hydrogen) atoms. The van der Waals surface area contributed by atoms with Crippen molar-refractivity contribution in [2.45, 2.75) is 46.5 Å². The minimum Gasteiger partial charge on any atom is -0.295 e. The number of fused-ring (bicyclic) bond motifs is 1. The Bertz CT molecular complexity index is 280. The van der Waals surface area contributed by atoms with E-state index in [2.05, 4.69) is 20.8 Å². The average molecular weight is 192 g/mol. The molecule has 0 N–H and O–H groups in total. The van der Waals surface area contributed by atoms with Gasteiger partial charge in [-0.05, 0) is 42.6 Å². The molecule has 2 aliphatic rings. The number of carbonyl (C=O) groups excluding carboxylic acids is 1. The smallest absolute Gasteiger partial charge is 0.156 e. The molecular weight excluding hydrogens is 172 g/mol. The van der Waals surface area contributed by atoms with Gasteiger partial charge in [0.25, 0.3) is 0 Å². The molecule has 0 bridgehead atoms. The number of rotatable bonds is 0. The zero-order chi connectivity index (χ0) is 10.3. The predicted molar refractivity (Wildman–Crippen MR) is 58.0 cm³/mol. The highest BCUT2D eigenvalue weighted by Crippen LogP contribution is 2.45. The van der Waals surface area contributed by atoms with E-state index in [-0.39, 0.29) is 0 Å². The first kappa shape index (κ1) is 9.95. The summed E-state index contributed by atoms with van der Waals surface area (Å²) in [5, 5.41) is 0. The van der Waals surface area contributed by atoms with Crippen LogP contribution < -0.4 is 0 Å². The molecule has 2 atom stereocenters. The molecule has 0 saturated heterocycles. The van der Waals surface area contributed by atoms with Crippen LogP contribution in [-0.2, 0) is 4.79 Å². The minimum absolute atomic E-state index is 0.361. The van der Waals surface area contributed by atoms with E-state index in [1.165, 1.54) is 24.8 Å². The van der Waals surface area contributed by atoms with Gasteiger partial charge < -0.3 is 0 Å². The largest absolute Gasteiger partial charge is 0.295 e. The van der Waals surface area contributed by atoms with Crippen molar-refractivity contribution in [2.75, 3.05) is 0 Å². The van der Waals surface area contributed by atoms with Crippen LogP contribution in [0.2, 0.25) is 0 Å². The van der Waals surface area contributed by atoms with Crippen molar-refractivity contribution in [3.05, 3.63) is 11.6 Å². The highest BCUT2D eigenvalue weighted by Gasteiger charge is 2.36. The van der Waals surface area contributed by atoms with Crippen LogP contribution in [0.1, 0.15) is 46.5 Å². The lowest BCUT2D eigenvalue weighted by atomic mass is 9.68. The van der Waals surface area contributed by atoms with E-state index >= 15 is 0 Å². The summed E-state index contributed by atoms with van der Waals surface area (Å²) in [5.41, 5.74) is 1.85. The van der Waals surface area contributed by atoms with Gasteiger partial charge in [-0.1, -0.05) is 26.3 Å². The molecule has 1 heteroatoms. The van der Waals surface area contributed by atoms with Crippen molar-refractivity contribution in [1.29, 1.82) is 0 Å². The molecule has 1 fully saturated rings. The quantitative estimate of drug-likeness (QED) is 0.575. The molecule has 0 aromatic heterocycles. The van der Waals surface area contributed by atoms with Gasteiger partial charge in [-0.15, -0.1) is 0 Å². The fraction of sp³-hybridized carbons (Fsp3) is 0.769. The van der Waals surface area contributed by atoms with Crippen LogP contribution in [0.5, 0.6) is 0 Å². The molecule has 2 rings (SSSR count). The van der Waals surface area contributed by atoms with Crippen LogP contribution in [-0.4, -0.2) is 5.78 Å². The first-order valence-corrected chi connectivity index (χ1v) is 5.70. The monoisotopic (exact) mass is 192 g/mol. The normalized spacial score (nSPS) is 32.8. The van der Waals surface area contributed by atoms with E-state index in [0.717, 1.165) is 12.3 Å². The molecule has 1 nitrogen and oxygen atoms in total. The molecule has 2 aliphatic carbocycles. The van der Waals surface area contributed by atoms with Gasteiger partial charge in [0.05, 0.1) is 0 Å². The van der Waals surface area contributed by atoms with Crippen LogP contribution in [0.25, 0.3) is 0 Å². The minimum atomic E-state index is 0.361. The third-order valence-electron chi connectivity index (χ3n) is 3.89. The molecule has 0 aliphatic heterocycles. The Morgan fingerprint density at radius 3 is 2.71 bits per heavy atom. The van der Waals surface area contributed by atoms with Gasteiger partial charge >= 0.3 is 0 Å². The molecule has 0 aromatic carbocycles. The summed E-state index contributed by atoms with van der Waals surface area (Å²) >= 11 is 0. The van der Waals surface area contributed by atoms with Gasteiger partial charge in [0.2, 0.25) is 0 Å². The maximum atomic E-state index is 11.3. The Labute approximate surface area is 86.6 Å². The van der Waals surface area contributed by atoms with Crippen LogP contribution in [0.3, 0.4) is 0 Å². The molecule has 0 amide bonds. The molecule has 0 radical (unpaired) electrons. The Kier molecular flexibility index (Phi) is 2.29. The third kappa shape index (κ3) is 1.77. The maximum absolute atomic E-state index is 11.3. The number of hydrogen-bond acceptors (Lipinski definition) is 1. The Morgan fingerprint density at radius 2 is 2.07 bits per heavy atom. The first-order valence-electron chi connectivity index (χ1n) is 5.70. The number of allylic oxidation sites excluding steroid dienone is 2. The van der Waals surface area contributed by atoms with E-state index < -0.39 is 0 Å². The number of ketones is 1. The van der Waals surface area contributed by atoms with E-state index in [1.54, 1.807) is 0 Å². The van der Waals surface area contributed by atoms with Gasteiger partial charge in [0, 0.05) is 6.42 Å². The third-order valence-corrected chi connectivity index (χ3v) is 3.89. The van der Waals surface area contributed by atoms with Crippen molar-refractivity contribution in [3.63, 3.8) is 0 Å². The summed E-state index contributed by atoms with van der Waals surface area (Å²) in [7, 11) is 0. The molecule has 2 unspecified atom stereocenters. The molecule has 0 heterocycles. The van der Waals surface area contributed by atoms with Crippen molar-refractivity contribution >= 4 is 5.78 Å². The van der Waals surface area contributed by atoms with Crippen LogP contribution >= 0.6 is 0 Å². The van der Waals surface area contributed by atoms with E-state index in [9.17, 15) is 4.79 Å². The highest BCUT2D eigenvalue weighted by molar-refractivity contribution is 5.93. The maximum Gasteiger partial charge on any atom is 0.156 e. The zero-order valence-electron chi connectivity index (χ0n) is 9.47. The fourth-order valence-corrected chi connectivity index (χ4v) is 2.86. The summed E-state index contributed by atoms with van der Waals surface area (Å²) in [6, 6.07) is 0. The standard InChI is InChI=1S/C13H20O/c1-13(2,3)11-5-4-9-7-12(14)8-10(9)6-11/h7,10-11H,4-6,8H2,1-3H3. The lowest BCUT2D eigenvalue weighted by Crippen LogP contribution is -2.27. The van der Waals surface area contributed by atoms with Crippen LogP contribution in [0, 0.1) is 17.3 Å². The van der Waals surface area contributed by atoms with E-state index in [4.69, 9.17) is 0 Å². The summed E-state index contributed by atoms with van der Waals surface area (Å²) in [6.07, 6.45) is 6.38. The van der Waals surface area contributed by atoms with Gasteiger partial charge in [0.1, 0.15) is 0 Å². The molecular formula is C13H20O. The fourth-order valence-electron chi connectivity index (χ4n) is 2.86. The number of carbonyl (C=O) groups is 1. The van der Waals surface area contributed by atoms with Crippen molar-refractivity contribution < 1.29 is 4.79 Å². The SMILES string of the molecule is CC(C)(C)C1CCC2=CC(=O)CC2C1. The first-order chi connectivity index (χ1) is 6.47. The van der Waals surface area contributed by atoms with E-state index in [1.807, 2.05) is 6.08 Å². The van der Waals surface area contributed by atoms with Crippen LogP contribution in [0.15, 0.2) is 11.6 Å². The summed E-state index contributed by atoms with van der Waals surface area (Å²) in [6.45, 7) is 6.97. The second-order valence-electron chi connectivity index (χ2n) is 5.92. The molecule has 78 valence electrons. The number of hydrogen-bond donors (Lipinski definition) is 0. The van der Waals surface area contributed by atoms with Crippen molar-refractivity contribution in [1.82, 2.24) is 0 Å². The van der Waals surface area contributed by atoms with Crippen molar-refractivity contribution in [3.8, 4) is 0 Å². The van der Waals surface area contributed by atoms with Crippen molar-refractivity contribution in [2.24, 2.45) is 17.3 Å². The molecule has 1 saturated carbocycles. The summed E-state index contributed by atoms with van der Waals surface area (Å²) in [5.74, 6) is 1.76. The second kappa shape index (κ2) is 3.22. The predicted octanol–water partition coefficient (Wildman–Crippen LogP) is 3.35.